The first kappa shape index (κ1) is 78.2. The van der Waals surface area contributed by atoms with Crippen LogP contribution in [-0.4, -0.2) is 77.3 Å². The van der Waals surface area contributed by atoms with Gasteiger partial charge in [-0.2, -0.15) is 0 Å². The van der Waals surface area contributed by atoms with Crippen molar-refractivity contribution in [2.75, 3.05) is 20.3 Å². The van der Waals surface area contributed by atoms with Gasteiger partial charge in [0.25, 0.3) is 23.6 Å². The number of nitrogens with one attached hydrogen (secondary N) is 1. The second-order valence-electron chi connectivity index (χ2n) is 22.0. The predicted octanol–water partition coefficient (Wildman–Crippen LogP) is 17.2. The molecule has 1 fully saturated rings. The van der Waals surface area contributed by atoms with Crippen LogP contribution in [0, 0.1) is 0 Å². The first-order valence-electron chi connectivity index (χ1n) is 32.5. The molecule has 10 nitrogen and oxygen atoms in total. The Labute approximate surface area is 538 Å². The maximum Gasteiger partial charge on any atom is 0.261 e. The third kappa shape index (κ3) is 32.9. The Kier molecular flexibility index (Phi) is 45.6. The molecule has 0 radical (unpaired) electrons. The van der Waals surface area contributed by atoms with E-state index >= 15 is 0 Å². The molecular weight excluding hydrogens is 1120 g/mol. The molecule has 0 atom stereocenters. The van der Waals surface area contributed by atoms with Gasteiger partial charge in [-0.15, -0.1) is 39.5 Å². The van der Waals surface area contributed by atoms with Crippen molar-refractivity contribution in [1.82, 2.24) is 10.2 Å². The lowest BCUT2D eigenvalue weighted by Crippen LogP contribution is -2.39. The highest BCUT2D eigenvalue weighted by Crippen LogP contribution is 2.32. The summed E-state index contributed by atoms with van der Waals surface area (Å²) in [5, 5.41) is 23.0. The van der Waals surface area contributed by atoms with E-state index in [1.165, 1.54) is 72.2 Å². The van der Waals surface area contributed by atoms with Gasteiger partial charge >= 0.3 is 0 Å². The zero-order valence-corrected chi connectivity index (χ0v) is 54.8. The van der Waals surface area contributed by atoms with Gasteiger partial charge in [-0.3, -0.25) is 29.4 Å². The lowest BCUT2D eigenvalue weighted by Gasteiger charge is -2.26. The van der Waals surface area contributed by atoms with Crippen molar-refractivity contribution in [3.05, 3.63) is 238 Å². The summed E-state index contributed by atoms with van der Waals surface area (Å²) in [7, 11) is 0.554. The van der Waals surface area contributed by atoms with Crippen LogP contribution in [0.5, 0.6) is 0 Å². The molecule has 1 saturated heterocycles. The summed E-state index contributed by atoms with van der Waals surface area (Å²) >= 11 is 0. The van der Waals surface area contributed by atoms with E-state index in [9.17, 15) is 24.3 Å². The molecule has 5 N–H and O–H groups in total. The number of carbonyl (C=O) groups excluding carboxylic acids is 4. The fraction of sp³-hybridized carbons (Fsp3) is 0.410. The number of unbranched alkanes of at least 4 members (excludes halogenated alkanes) is 12. The summed E-state index contributed by atoms with van der Waals surface area (Å²) < 4.78 is 4.94. The van der Waals surface area contributed by atoms with Gasteiger partial charge in [-0.25, -0.2) is 0 Å². The highest BCUT2D eigenvalue weighted by atomic mass is 31.1. The van der Waals surface area contributed by atoms with Gasteiger partial charge in [-0.05, 0) is 177 Å². The van der Waals surface area contributed by atoms with Gasteiger partial charge in [0.15, 0.2) is 0 Å². The van der Waals surface area contributed by atoms with Crippen molar-refractivity contribution < 1.29 is 34.1 Å². The number of amides is 4. The van der Waals surface area contributed by atoms with Crippen molar-refractivity contribution in [1.29, 1.82) is 0 Å². The van der Waals surface area contributed by atoms with Gasteiger partial charge in [0.1, 0.15) is 0 Å². The summed E-state index contributed by atoms with van der Waals surface area (Å²) in [5.41, 5.74) is 8.02. The summed E-state index contributed by atoms with van der Waals surface area (Å²) in [6.45, 7) is 24.3. The average molecular weight is 1230 g/mol. The molecule has 0 spiro atoms. The predicted molar refractivity (Wildman–Crippen MR) is 378 cm³/mol. The largest absolute Gasteiger partial charge is 0.400 e. The van der Waals surface area contributed by atoms with E-state index in [1.54, 1.807) is 36.4 Å². The Morgan fingerprint density at radius 3 is 1.01 bits per heavy atom. The number of allylic oxidation sites excluding steroid dienone is 6. The Hall–Kier alpha value is -6.91. The van der Waals surface area contributed by atoms with E-state index in [-0.39, 0.29) is 35.8 Å². The van der Waals surface area contributed by atoms with E-state index in [2.05, 4.69) is 136 Å². The van der Waals surface area contributed by atoms with Gasteiger partial charge in [0.05, 0.1) is 28.4 Å². The zero-order chi connectivity index (χ0) is 65.0. The van der Waals surface area contributed by atoms with Crippen LogP contribution in [-0.2, 0) is 4.74 Å². The minimum atomic E-state index is -0.446. The van der Waals surface area contributed by atoms with Gasteiger partial charge in [0.2, 0.25) is 0 Å². The lowest BCUT2D eigenvalue weighted by atomic mass is 10.00. The fourth-order valence-corrected chi connectivity index (χ4v) is 12.4. The number of aliphatic hydroxyl groups is 2. The van der Waals surface area contributed by atoms with E-state index in [4.69, 9.17) is 15.6 Å². The third-order valence-electron chi connectivity index (χ3n) is 15.0. The lowest BCUT2D eigenvalue weighted by molar-refractivity contribution is 0.0562. The molecule has 482 valence electrons. The van der Waals surface area contributed by atoms with E-state index in [0.29, 0.717) is 28.3 Å². The first-order valence-corrected chi connectivity index (χ1v) is 33.9. The number of nitrogens with two attached hydrogens (primary N) is 1. The maximum atomic E-state index is 12.7. The van der Waals surface area contributed by atoms with Crippen molar-refractivity contribution in [3.63, 3.8) is 0 Å². The molecule has 3 aliphatic heterocycles. The SMILES string of the molecule is C1CCOC1.C=CCCCCC(CCCCC=C)N1C(=O)c2ccccc2C1=O.C=CCCCCC(N)CCCCC=C.C=CCCCCC(O)CCCCC=C.CO.O=C1NC(=O)c2ccccc21.c1ccc(P(c2ccccc2)c2ccccc2)cc1. The van der Waals surface area contributed by atoms with Crippen molar-refractivity contribution in [2.45, 2.75) is 185 Å². The second kappa shape index (κ2) is 51.9. The second-order valence-corrected chi connectivity index (χ2v) is 24.2. The van der Waals surface area contributed by atoms with Crippen LogP contribution >= 0.6 is 7.92 Å². The Morgan fingerprint density at radius 2 is 0.719 bits per heavy atom. The number of carbonyl (C=O) groups is 4. The normalized spacial score (nSPS) is 12.4. The van der Waals surface area contributed by atoms with Crippen molar-refractivity contribution in [2.24, 2.45) is 5.73 Å². The average Bonchev–Trinajstić information content (AvgIpc) is 2.43. The van der Waals surface area contributed by atoms with Crippen molar-refractivity contribution in [3.8, 4) is 0 Å². The summed E-state index contributed by atoms with van der Waals surface area (Å²) in [4.78, 5) is 48.8. The summed E-state index contributed by atoms with van der Waals surface area (Å²) in [6, 6.07) is 46.6. The molecule has 8 rings (SSSR count). The quantitative estimate of drug-likeness (QED) is 0.0137. The van der Waals surface area contributed by atoms with Gasteiger partial charge in [0, 0.05) is 32.4 Å². The number of benzene rings is 5. The minimum Gasteiger partial charge on any atom is -0.400 e. The smallest absolute Gasteiger partial charge is 0.261 e. The molecule has 0 bridgehead atoms. The summed E-state index contributed by atoms with van der Waals surface area (Å²) in [6.07, 6.45) is 40.1. The Bertz CT molecular complexity index is 2480. The number of rotatable bonds is 34. The molecule has 89 heavy (non-hydrogen) atoms. The topological polar surface area (TPSA) is 159 Å². The van der Waals surface area contributed by atoms with Gasteiger partial charge < -0.3 is 20.7 Å². The molecule has 5 aromatic carbocycles. The van der Waals surface area contributed by atoms with Crippen LogP contribution in [0.15, 0.2) is 215 Å². The Balaban J connectivity index is 0.000000377. The van der Waals surface area contributed by atoms with Crippen LogP contribution in [0.25, 0.3) is 0 Å². The van der Waals surface area contributed by atoms with E-state index < -0.39 is 7.92 Å². The molecule has 4 amide bonds. The highest BCUT2D eigenvalue weighted by molar-refractivity contribution is 7.79. The minimum absolute atomic E-state index is 0.00738. The molecule has 0 saturated carbocycles. The molecule has 0 unspecified atom stereocenters. The van der Waals surface area contributed by atoms with Gasteiger partial charge in [-0.1, -0.05) is 190 Å². The van der Waals surface area contributed by atoms with Crippen LogP contribution < -0.4 is 27.0 Å². The highest BCUT2D eigenvalue weighted by Gasteiger charge is 2.39. The molecule has 3 heterocycles. The molecule has 11 heteroatoms. The zero-order valence-electron chi connectivity index (χ0n) is 53.9. The maximum absolute atomic E-state index is 12.7. The summed E-state index contributed by atoms with van der Waals surface area (Å²) in [5.74, 6) is -0.864. The Morgan fingerprint density at radius 1 is 0.438 bits per heavy atom. The molecular formula is C78H108N3O7P. The third-order valence-corrected chi connectivity index (χ3v) is 17.4. The number of hydrogen-bond acceptors (Lipinski definition) is 8. The first-order chi connectivity index (χ1) is 43.6. The van der Waals surface area contributed by atoms with Crippen LogP contribution in [0.1, 0.15) is 208 Å². The monoisotopic (exact) mass is 1230 g/mol. The number of imide groups is 2. The number of nitrogens with zero attached hydrogens (tertiary/aromatic N) is 1. The molecule has 0 aliphatic carbocycles. The number of fused-ring (bicyclic) bond motifs is 2. The molecule has 5 aromatic rings. The van der Waals surface area contributed by atoms with Crippen LogP contribution in [0.4, 0.5) is 0 Å². The number of aliphatic hydroxyl groups excluding tert-OH is 2. The van der Waals surface area contributed by atoms with E-state index in [1.807, 2.05) is 48.6 Å². The standard InChI is InChI=1S/C21H27NO2.C18H15P.C13H25N.C13H24O.C8H5NO2.C4H8O.CH4O/c1-3-5-7-9-13-17(14-10-8-6-4-2)22-20(23)18-15-11-12-16-19(18)21(22)24;1-4-10-16(11-5-1)19(17-12-6-2-7-13-17)18-14-8-3-9-15-18;2*1-3-5-7-9-11-13(14)12-10-8-6-4-2;10-7-5-3-1-2-4-6(5)8(11)9-7;1-2-4-5-3-1;1-2/h3-4,11-12,15-17H,1-2,5-10,13-14H2;1-15H;3-4,13H,1-2,5-12,14H2;3-4,13-14H,1-2,5-12H2;1-4H,(H,9,10,11);1-4H2;2H,1H3. The number of ether oxygens (including phenoxy) is 1. The molecule has 0 aromatic heterocycles. The number of hydrogen-bond donors (Lipinski definition) is 4. The van der Waals surface area contributed by atoms with Crippen LogP contribution in [0.2, 0.25) is 0 Å². The van der Waals surface area contributed by atoms with E-state index in [0.717, 1.165) is 136 Å². The molecule has 3 aliphatic rings. The van der Waals surface area contributed by atoms with Crippen molar-refractivity contribution >= 4 is 47.5 Å². The van der Waals surface area contributed by atoms with Crippen LogP contribution in [0.3, 0.4) is 0 Å². The fourth-order valence-electron chi connectivity index (χ4n) is 10.1.